The number of ether oxygens (including phenoxy) is 1. The molecule has 3 aliphatic rings. The largest absolute Gasteiger partial charge is 0.432 e. The highest BCUT2D eigenvalue weighted by molar-refractivity contribution is 6.71. The van der Waals surface area contributed by atoms with Crippen LogP contribution in [0.5, 0.6) is 0 Å². The maximum atomic E-state index is 14.2. The van der Waals surface area contributed by atoms with Gasteiger partial charge in [0.25, 0.3) is 5.91 Å². The molecule has 0 bridgehead atoms. The molecular formula is C40H52N6O4Si. The van der Waals surface area contributed by atoms with Crippen molar-refractivity contribution in [3.63, 3.8) is 0 Å². The van der Waals surface area contributed by atoms with Gasteiger partial charge in [-0.2, -0.15) is 0 Å². The third-order valence-corrected chi connectivity index (χ3v) is 14.1. The number of hydrogen-bond acceptors (Lipinski definition) is 8. The van der Waals surface area contributed by atoms with E-state index in [2.05, 4.69) is 63.9 Å². The molecule has 1 spiro atoms. The number of carbonyl (C=O) groups excluding carboxylic acids is 1. The van der Waals surface area contributed by atoms with Gasteiger partial charge in [0.2, 0.25) is 0 Å². The summed E-state index contributed by atoms with van der Waals surface area (Å²) in [6.45, 7) is 9.06. The van der Waals surface area contributed by atoms with Gasteiger partial charge in [0.15, 0.2) is 8.32 Å². The number of amides is 1. The third-order valence-electron chi connectivity index (χ3n) is 11.5. The van der Waals surface area contributed by atoms with Crippen molar-refractivity contribution in [1.29, 1.82) is 0 Å². The van der Waals surface area contributed by atoms with Gasteiger partial charge in [-0.05, 0) is 99.6 Å². The molecule has 3 N–H and O–H groups in total. The Balaban J connectivity index is 1.02. The smallest absolute Gasteiger partial charge is 0.254 e. The minimum absolute atomic E-state index is 0.0192. The Labute approximate surface area is 302 Å². The van der Waals surface area contributed by atoms with E-state index < -0.39 is 13.9 Å². The number of nitrogens with one attached hydrogen (secondary N) is 1. The number of aliphatic hydroxyl groups excluding tert-OH is 1. The van der Waals surface area contributed by atoms with Crippen molar-refractivity contribution in [2.24, 2.45) is 5.92 Å². The summed E-state index contributed by atoms with van der Waals surface area (Å²) in [6.07, 6.45) is 5.82. The summed E-state index contributed by atoms with van der Waals surface area (Å²) in [4.78, 5) is 29.9. The zero-order chi connectivity index (χ0) is 35.6. The lowest BCUT2D eigenvalue weighted by Gasteiger charge is -2.39. The minimum atomic E-state index is -2.55. The topological polar surface area (TPSA) is 116 Å². The van der Waals surface area contributed by atoms with Crippen LogP contribution >= 0.6 is 0 Å². The molecule has 0 aliphatic carbocycles. The monoisotopic (exact) mass is 708 g/mol. The van der Waals surface area contributed by atoms with Crippen molar-refractivity contribution < 1.29 is 19.4 Å². The molecule has 51 heavy (non-hydrogen) atoms. The first-order chi connectivity index (χ1) is 24.7. The minimum Gasteiger partial charge on any atom is -0.432 e. The molecule has 11 heteroatoms. The van der Waals surface area contributed by atoms with Gasteiger partial charge in [-0.1, -0.05) is 72.8 Å². The SMILES string of the molecule is C[C@@H]1[C@@H]([Si](C)(C)O)[C@H](CCn2cc(C(CO)c3ccccc3)nn2)O[C@@H]1CCc1cccc(N2CN(c3ccccc3)C3(CCNCC3)C2=O)c1. The van der Waals surface area contributed by atoms with Crippen molar-refractivity contribution in [2.45, 2.75) is 87.9 Å². The number of piperidine rings is 1. The molecular weight excluding hydrogens is 657 g/mol. The van der Waals surface area contributed by atoms with Crippen LogP contribution < -0.4 is 15.1 Å². The molecule has 3 aliphatic heterocycles. The molecule has 3 saturated heterocycles. The van der Waals surface area contributed by atoms with Crippen LogP contribution in [-0.2, 0) is 22.5 Å². The van der Waals surface area contributed by atoms with Crippen LogP contribution in [0.25, 0.3) is 0 Å². The predicted octanol–water partition coefficient (Wildman–Crippen LogP) is 5.33. The highest BCUT2D eigenvalue weighted by Gasteiger charge is 2.53. The van der Waals surface area contributed by atoms with Crippen LogP contribution in [0, 0.1) is 5.92 Å². The molecule has 5 atom stereocenters. The van der Waals surface area contributed by atoms with E-state index in [1.807, 2.05) is 77.4 Å². The lowest BCUT2D eigenvalue weighted by Crippen LogP contribution is -2.55. The number of aromatic nitrogens is 3. The van der Waals surface area contributed by atoms with Gasteiger partial charge in [0, 0.05) is 29.7 Å². The van der Waals surface area contributed by atoms with Gasteiger partial charge in [0.1, 0.15) is 5.54 Å². The van der Waals surface area contributed by atoms with E-state index in [4.69, 9.17) is 4.74 Å². The predicted molar refractivity (Wildman–Crippen MR) is 202 cm³/mol. The van der Waals surface area contributed by atoms with E-state index in [1.165, 1.54) is 5.56 Å². The van der Waals surface area contributed by atoms with E-state index in [-0.39, 0.29) is 42.1 Å². The Morgan fingerprint density at radius 2 is 1.67 bits per heavy atom. The summed E-state index contributed by atoms with van der Waals surface area (Å²) in [7, 11) is -2.55. The molecule has 0 radical (unpaired) electrons. The number of para-hydroxylation sites is 1. The Morgan fingerprint density at radius 1 is 0.961 bits per heavy atom. The van der Waals surface area contributed by atoms with Gasteiger partial charge in [-0.3, -0.25) is 14.4 Å². The number of hydrogen-bond donors (Lipinski definition) is 3. The summed E-state index contributed by atoms with van der Waals surface area (Å²) in [5.74, 6) is 0.177. The van der Waals surface area contributed by atoms with Crippen LogP contribution in [0.1, 0.15) is 55.3 Å². The second kappa shape index (κ2) is 15.0. The molecule has 270 valence electrons. The Bertz CT molecular complexity index is 1760. The first-order valence-electron chi connectivity index (χ1n) is 18.6. The molecule has 1 aromatic heterocycles. The number of rotatable bonds is 12. The highest BCUT2D eigenvalue weighted by Crippen LogP contribution is 2.46. The quantitative estimate of drug-likeness (QED) is 0.169. The fourth-order valence-electron chi connectivity index (χ4n) is 8.93. The van der Waals surface area contributed by atoms with Crippen molar-refractivity contribution in [1.82, 2.24) is 20.3 Å². The molecule has 3 fully saturated rings. The first kappa shape index (κ1) is 35.5. The molecule has 0 saturated carbocycles. The summed E-state index contributed by atoms with van der Waals surface area (Å²) in [5.41, 5.74) is 4.53. The Kier molecular flexibility index (Phi) is 10.5. The van der Waals surface area contributed by atoms with Crippen LogP contribution in [0.3, 0.4) is 0 Å². The lowest BCUT2D eigenvalue weighted by molar-refractivity contribution is -0.122. The van der Waals surface area contributed by atoms with E-state index in [0.717, 1.165) is 67.8 Å². The second-order valence-corrected chi connectivity index (χ2v) is 19.2. The zero-order valence-electron chi connectivity index (χ0n) is 30.1. The van der Waals surface area contributed by atoms with Crippen LogP contribution in [0.2, 0.25) is 18.6 Å². The number of aliphatic hydroxyl groups is 1. The van der Waals surface area contributed by atoms with Gasteiger partial charge < -0.3 is 24.9 Å². The molecule has 10 nitrogen and oxygen atoms in total. The van der Waals surface area contributed by atoms with Crippen LogP contribution in [0.4, 0.5) is 11.4 Å². The van der Waals surface area contributed by atoms with E-state index in [0.29, 0.717) is 13.2 Å². The molecule has 7 rings (SSSR count). The van der Waals surface area contributed by atoms with E-state index in [1.54, 1.807) is 0 Å². The van der Waals surface area contributed by atoms with Gasteiger partial charge in [0.05, 0.1) is 37.1 Å². The maximum absolute atomic E-state index is 14.2. The van der Waals surface area contributed by atoms with Crippen molar-refractivity contribution in [2.75, 3.05) is 36.2 Å². The fraction of sp³-hybridized carbons (Fsp3) is 0.475. The van der Waals surface area contributed by atoms with Crippen molar-refractivity contribution in [3.05, 3.63) is 108 Å². The summed E-state index contributed by atoms with van der Waals surface area (Å²) < 4.78 is 8.62. The average molecular weight is 709 g/mol. The van der Waals surface area contributed by atoms with Crippen molar-refractivity contribution >= 4 is 25.6 Å². The van der Waals surface area contributed by atoms with E-state index in [9.17, 15) is 14.7 Å². The third kappa shape index (κ3) is 7.27. The fourth-order valence-corrected chi connectivity index (χ4v) is 11.6. The number of benzene rings is 3. The average Bonchev–Trinajstić information content (AvgIpc) is 3.82. The molecule has 1 unspecified atom stereocenters. The number of nitrogens with zero attached hydrogens (tertiary/aromatic N) is 5. The summed E-state index contributed by atoms with van der Waals surface area (Å²) >= 11 is 0. The molecule has 4 heterocycles. The lowest BCUT2D eigenvalue weighted by atomic mass is 9.86. The van der Waals surface area contributed by atoms with Gasteiger partial charge >= 0.3 is 0 Å². The Hall–Kier alpha value is -3.87. The first-order valence-corrected chi connectivity index (χ1v) is 21.6. The van der Waals surface area contributed by atoms with Crippen LogP contribution in [-0.4, -0.2) is 83.2 Å². The molecule has 1 amide bonds. The number of anilines is 2. The molecule has 3 aromatic carbocycles. The van der Waals surface area contributed by atoms with E-state index >= 15 is 0 Å². The summed E-state index contributed by atoms with van der Waals surface area (Å²) in [6, 6.07) is 28.7. The van der Waals surface area contributed by atoms with Crippen LogP contribution in [0.15, 0.2) is 91.1 Å². The second-order valence-electron chi connectivity index (χ2n) is 15.2. The normalized spacial score (nSPS) is 24.1. The maximum Gasteiger partial charge on any atom is 0.254 e. The Morgan fingerprint density at radius 3 is 2.37 bits per heavy atom. The highest BCUT2D eigenvalue weighted by atomic mass is 28.4. The van der Waals surface area contributed by atoms with Gasteiger partial charge in [-0.15, -0.1) is 5.10 Å². The van der Waals surface area contributed by atoms with Gasteiger partial charge in [-0.25, -0.2) is 0 Å². The van der Waals surface area contributed by atoms with Crippen molar-refractivity contribution in [3.8, 4) is 0 Å². The number of carbonyl (C=O) groups is 1. The standard InChI is InChI=1S/C40H52N6O4Si/c1-29-36(50-37(38(29)51(2,3)49)19-24-44-26-35(42-43-44)34(27-47)31-12-6-4-7-13-31)18-17-30-11-10-16-33(25-30)45-28-46(32-14-8-5-9-15-32)40(39(45)48)20-22-41-23-21-40/h4-16,25-26,29,34,36-38,41,47,49H,17-24,27-28H2,1-3H3/t29-,34?,36+,37-,38+/m0/s1. The summed E-state index contributed by atoms with van der Waals surface area (Å²) in [5, 5.41) is 22.3. The molecule has 4 aromatic rings. The number of aryl methyl sites for hydroxylation is 2. The zero-order valence-corrected chi connectivity index (χ0v) is 31.1.